The number of rotatable bonds is 6. The zero-order valence-electron chi connectivity index (χ0n) is 14.0. The van der Waals surface area contributed by atoms with Crippen LogP contribution in [0.3, 0.4) is 0 Å². The average molecular weight is 343 g/mol. The molecule has 1 heterocycles. The number of ketones is 1. The smallest absolute Gasteiger partial charge is 0.159 e. The molecule has 4 heteroatoms. The number of nitrogens with one attached hydrogen (secondary N) is 1. The number of carbonyl (C=O) groups is 1. The zero-order chi connectivity index (χ0) is 16.9. The van der Waals surface area contributed by atoms with E-state index in [9.17, 15) is 4.79 Å². The van der Waals surface area contributed by atoms with E-state index < -0.39 is 0 Å². The van der Waals surface area contributed by atoms with Crippen molar-refractivity contribution in [1.82, 2.24) is 4.90 Å². The minimum Gasteiger partial charge on any atom is -0.383 e. The number of anilines is 1. The summed E-state index contributed by atoms with van der Waals surface area (Å²) in [5.74, 6) is 0.0275. The molecule has 0 spiro atoms. The van der Waals surface area contributed by atoms with Gasteiger partial charge in [-0.25, -0.2) is 0 Å². The van der Waals surface area contributed by atoms with Crippen molar-refractivity contribution in [2.45, 2.75) is 25.8 Å². The maximum absolute atomic E-state index is 11.6. The largest absolute Gasteiger partial charge is 0.383 e. The minimum absolute atomic E-state index is 0.0275. The van der Waals surface area contributed by atoms with Gasteiger partial charge in [-0.15, -0.1) is 0 Å². The lowest BCUT2D eigenvalue weighted by atomic mass is 10.1. The number of hydrogen-bond acceptors (Lipinski definition) is 3. The predicted molar refractivity (Wildman–Crippen MR) is 99.9 cm³/mol. The molecule has 0 radical (unpaired) electrons. The molecule has 24 heavy (non-hydrogen) atoms. The van der Waals surface area contributed by atoms with Crippen molar-refractivity contribution >= 4 is 23.1 Å². The second kappa shape index (κ2) is 7.82. The van der Waals surface area contributed by atoms with E-state index in [0.717, 1.165) is 25.3 Å². The van der Waals surface area contributed by atoms with Gasteiger partial charge in [-0.05, 0) is 56.6 Å². The third kappa shape index (κ3) is 4.16. The summed E-state index contributed by atoms with van der Waals surface area (Å²) in [4.78, 5) is 14.2. The van der Waals surface area contributed by atoms with Crippen molar-refractivity contribution in [1.29, 1.82) is 0 Å². The van der Waals surface area contributed by atoms with Gasteiger partial charge in [0.15, 0.2) is 5.78 Å². The van der Waals surface area contributed by atoms with E-state index in [1.165, 1.54) is 18.4 Å². The molecule has 1 aliphatic heterocycles. The Hall–Kier alpha value is -1.84. The van der Waals surface area contributed by atoms with Gasteiger partial charge in [-0.2, -0.15) is 0 Å². The standard InChI is InChI=1S/C20H23ClN2O/c1-15(24)17-11-18(21)13-19(12-17)22-14-20(23-9-5-6-10-23)16-7-3-2-4-8-16/h2-4,7-8,11-13,20,22H,5-6,9-10,14H2,1H3. The number of Topliss-reactive ketones (excluding diaryl/α,β-unsaturated/α-hetero) is 1. The van der Waals surface area contributed by atoms with Crippen LogP contribution in [-0.2, 0) is 0 Å². The fraction of sp³-hybridized carbons (Fsp3) is 0.350. The normalized spacial score (nSPS) is 16.1. The summed E-state index contributed by atoms with van der Waals surface area (Å²) < 4.78 is 0. The van der Waals surface area contributed by atoms with Crippen molar-refractivity contribution in [2.75, 3.05) is 25.0 Å². The molecule has 126 valence electrons. The molecule has 0 amide bonds. The molecule has 1 N–H and O–H groups in total. The molecule has 3 rings (SSSR count). The molecule has 0 aromatic heterocycles. The first-order chi connectivity index (χ1) is 11.6. The Morgan fingerprint density at radius 3 is 2.54 bits per heavy atom. The molecule has 2 aromatic rings. The molecule has 1 saturated heterocycles. The average Bonchev–Trinajstić information content (AvgIpc) is 3.10. The molecule has 0 aliphatic carbocycles. The molecule has 1 unspecified atom stereocenters. The van der Waals surface area contributed by atoms with Gasteiger partial charge >= 0.3 is 0 Å². The summed E-state index contributed by atoms with van der Waals surface area (Å²) in [5, 5.41) is 4.06. The van der Waals surface area contributed by atoms with Gasteiger partial charge in [-0.1, -0.05) is 41.9 Å². The Balaban J connectivity index is 1.77. The van der Waals surface area contributed by atoms with Gasteiger partial charge in [0, 0.05) is 22.8 Å². The number of benzene rings is 2. The summed E-state index contributed by atoms with van der Waals surface area (Å²) in [6.45, 7) is 4.62. The first kappa shape index (κ1) is 17.0. The van der Waals surface area contributed by atoms with Crippen LogP contribution in [0.25, 0.3) is 0 Å². The third-order valence-corrected chi connectivity index (χ3v) is 4.79. The molecule has 1 fully saturated rings. The van der Waals surface area contributed by atoms with Gasteiger partial charge in [0.1, 0.15) is 0 Å². The Morgan fingerprint density at radius 2 is 1.88 bits per heavy atom. The van der Waals surface area contributed by atoms with Crippen molar-refractivity contribution in [2.24, 2.45) is 0 Å². The van der Waals surface area contributed by atoms with Gasteiger partial charge < -0.3 is 5.32 Å². The van der Waals surface area contributed by atoms with Crippen molar-refractivity contribution in [3.63, 3.8) is 0 Å². The van der Waals surface area contributed by atoms with Gasteiger partial charge in [0.05, 0.1) is 6.04 Å². The number of halogens is 1. The van der Waals surface area contributed by atoms with Crippen LogP contribution in [0.4, 0.5) is 5.69 Å². The Labute approximate surface area is 148 Å². The quantitative estimate of drug-likeness (QED) is 0.766. The molecule has 0 saturated carbocycles. The molecule has 1 aliphatic rings. The highest BCUT2D eigenvalue weighted by Crippen LogP contribution is 2.26. The van der Waals surface area contributed by atoms with Crippen molar-refractivity contribution < 1.29 is 4.79 Å². The first-order valence-corrected chi connectivity index (χ1v) is 8.85. The summed E-state index contributed by atoms with van der Waals surface area (Å²) in [6.07, 6.45) is 2.52. The molecular formula is C20H23ClN2O. The molecule has 0 bridgehead atoms. The predicted octanol–water partition coefficient (Wildman–Crippen LogP) is 4.79. The second-order valence-corrected chi connectivity index (χ2v) is 6.77. The van der Waals surface area contributed by atoms with Crippen LogP contribution in [0.2, 0.25) is 5.02 Å². The monoisotopic (exact) mass is 342 g/mol. The summed E-state index contributed by atoms with van der Waals surface area (Å²) in [5.41, 5.74) is 2.86. The maximum atomic E-state index is 11.6. The summed E-state index contributed by atoms with van der Waals surface area (Å²) >= 11 is 6.15. The maximum Gasteiger partial charge on any atom is 0.159 e. The van der Waals surface area contributed by atoms with E-state index in [-0.39, 0.29) is 5.78 Å². The fourth-order valence-electron chi connectivity index (χ4n) is 3.30. The van der Waals surface area contributed by atoms with E-state index >= 15 is 0 Å². The molecule has 2 aromatic carbocycles. The van der Waals surface area contributed by atoms with Crippen LogP contribution in [0, 0.1) is 0 Å². The fourth-order valence-corrected chi connectivity index (χ4v) is 3.53. The lowest BCUT2D eigenvalue weighted by molar-refractivity contribution is 0.101. The highest BCUT2D eigenvalue weighted by atomic mass is 35.5. The number of nitrogens with zero attached hydrogens (tertiary/aromatic N) is 1. The van der Waals surface area contributed by atoms with Gasteiger partial charge in [0.25, 0.3) is 0 Å². The summed E-state index contributed by atoms with van der Waals surface area (Å²) in [6, 6.07) is 16.4. The lowest BCUT2D eigenvalue weighted by Crippen LogP contribution is -2.31. The molecule has 1 atom stereocenters. The number of hydrogen-bond donors (Lipinski definition) is 1. The second-order valence-electron chi connectivity index (χ2n) is 6.34. The summed E-state index contributed by atoms with van der Waals surface area (Å²) in [7, 11) is 0. The molecule has 3 nitrogen and oxygen atoms in total. The Morgan fingerprint density at radius 1 is 1.17 bits per heavy atom. The van der Waals surface area contributed by atoms with E-state index in [2.05, 4.69) is 34.5 Å². The number of likely N-dealkylation sites (tertiary alicyclic amines) is 1. The number of carbonyl (C=O) groups excluding carboxylic acids is 1. The third-order valence-electron chi connectivity index (χ3n) is 4.57. The van der Waals surface area contributed by atoms with Crippen molar-refractivity contribution in [3.8, 4) is 0 Å². The van der Waals surface area contributed by atoms with E-state index in [1.54, 1.807) is 13.0 Å². The van der Waals surface area contributed by atoms with Crippen LogP contribution in [-0.4, -0.2) is 30.3 Å². The van der Waals surface area contributed by atoms with Gasteiger partial charge in [-0.3, -0.25) is 9.69 Å². The van der Waals surface area contributed by atoms with Crippen molar-refractivity contribution in [3.05, 3.63) is 64.7 Å². The van der Waals surface area contributed by atoms with Crippen LogP contribution in [0.5, 0.6) is 0 Å². The van der Waals surface area contributed by atoms with Gasteiger partial charge in [0.2, 0.25) is 0 Å². The van der Waals surface area contributed by atoms with E-state index in [0.29, 0.717) is 16.6 Å². The Bertz CT molecular complexity index is 696. The van der Waals surface area contributed by atoms with Crippen LogP contribution in [0.15, 0.2) is 48.5 Å². The van der Waals surface area contributed by atoms with Crippen LogP contribution >= 0.6 is 11.6 Å². The first-order valence-electron chi connectivity index (χ1n) is 8.48. The van der Waals surface area contributed by atoms with Crippen LogP contribution < -0.4 is 5.32 Å². The van der Waals surface area contributed by atoms with Crippen LogP contribution in [0.1, 0.15) is 41.7 Å². The zero-order valence-corrected chi connectivity index (χ0v) is 14.7. The highest BCUT2D eigenvalue weighted by Gasteiger charge is 2.23. The topological polar surface area (TPSA) is 32.3 Å². The minimum atomic E-state index is 0.0275. The van der Waals surface area contributed by atoms with E-state index in [4.69, 9.17) is 11.6 Å². The molecular weight excluding hydrogens is 320 g/mol. The lowest BCUT2D eigenvalue weighted by Gasteiger charge is -2.28. The Kier molecular flexibility index (Phi) is 5.54. The highest BCUT2D eigenvalue weighted by molar-refractivity contribution is 6.31. The SMILES string of the molecule is CC(=O)c1cc(Cl)cc(NCC(c2ccccc2)N2CCCC2)c1. The van der Waals surface area contributed by atoms with E-state index in [1.807, 2.05) is 18.2 Å².